The van der Waals surface area contributed by atoms with Gasteiger partial charge in [-0.05, 0) is 30.7 Å². The van der Waals surface area contributed by atoms with Gasteiger partial charge in [0.15, 0.2) is 17.6 Å². The van der Waals surface area contributed by atoms with E-state index < -0.39 is 18.0 Å². The average Bonchev–Trinajstić information content (AvgIpc) is 2.76. The van der Waals surface area contributed by atoms with Crippen molar-refractivity contribution in [1.29, 1.82) is 0 Å². The fourth-order valence-electron chi connectivity index (χ4n) is 2.62. The molecule has 0 radical (unpaired) electrons. The van der Waals surface area contributed by atoms with Gasteiger partial charge in [-0.15, -0.1) is 0 Å². The maximum Gasteiger partial charge on any atom is 0.340 e. The lowest BCUT2D eigenvalue weighted by Gasteiger charge is -2.19. The van der Waals surface area contributed by atoms with Gasteiger partial charge < -0.3 is 29.0 Å². The summed E-state index contributed by atoms with van der Waals surface area (Å²) in [4.78, 5) is 25.0. The zero-order valence-electron chi connectivity index (χ0n) is 17.1. The molecule has 0 aliphatic rings. The van der Waals surface area contributed by atoms with Crippen LogP contribution in [0.3, 0.4) is 0 Å². The Morgan fingerprint density at radius 2 is 1.48 bits per heavy atom. The van der Waals surface area contributed by atoms with E-state index in [2.05, 4.69) is 5.32 Å². The summed E-state index contributed by atoms with van der Waals surface area (Å²) >= 11 is 0. The van der Waals surface area contributed by atoms with E-state index >= 15 is 0 Å². The van der Waals surface area contributed by atoms with Crippen LogP contribution >= 0.6 is 0 Å². The van der Waals surface area contributed by atoms with Crippen LogP contribution in [-0.2, 0) is 9.53 Å². The van der Waals surface area contributed by atoms with Crippen molar-refractivity contribution in [2.24, 2.45) is 0 Å². The molecule has 29 heavy (non-hydrogen) atoms. The molecular weight excluding hydrogens is 378 g/mol. The molecule has 1 atom stereocenters. The Balaban J connectivity index is 2.27. The van der Waals surface area contributed by atoms with E-state index in [0.29, 0.717) is 29.4 Å². The Hall–Kier alpha value is -3.42. The van der Waals surface area contributed by atoms with Crippen LogP contribution in [0, 0.1) is 0 Å². The van der Waals surface area contributed by atoms with Crippen LogP contribution in [0.2, 0.25) is 0 Å². The standard InChI is InChI=1S/C21H25NO7/c1-6-17(29-14-9-7-13(25-2)8-10-14)20(23)22-16-12-19(27-4)18(26-3)11-15(16)21(24)28-5/h7-12,17H,6H2,1-5H3,(H,22,23). The summed E-state index contributed by atoms with van der Waals surface area (Å²) in [6.45, 7) is 1.82. The Bertz CT molecular complexity index is 849. The molecule has 0 saturated carbocycles. The number of carbonyl (C=O) groups excluding carboxylic acids is 2. The third-order valence-corrected chi connectivity index (χ3v) is 4.19. The van der Waals surface area contributed by atoms with Gasteiger partial charge in [-0.2, -0.15) is 0 Å². The van der Waals surface area contributed by atoms with Crippen molar-refractivity contribution in [1.82, 2.24) is 0 Å². The van der Waals surface area contributed by atoms with Crippen molar-refractivity contribution >= 4 is 17.6 Å². The highest BCUT2D eigenvalue weighted by atomic mass is 16.5. The number of benzene rings is 2. The van der Waals surface area contributed by atoms with Gasteiger partial charge in [-0.1, -0.05) is 6.92 Å². The molecule has 2 aromatic carbocycles. The highest BCUT2D eigenvalue weighted by Gasteiger charge is 2.23. The summed E-state index contributed by atoms with van der Waals surface area (Å²) in [5, 5.41) is 2.72. The molecule has 1 amide bonds. The highest BCUT2D eigenvalue weighted by molar-refractivity contribution is 6.03. The Morgan fingerprint density at radius 3 is 2.00 bits per heavy atom. The minimum atomic E-state index is -0.776. The number of nitrogens with one attached hydrogen (secondary N) is 1. The number of hydrogen-bond acceptors (Lipinski definition) is 7. The van der Waals surface area contributed by atoms with Crippen LogP contribution in [0.25, 0.3) is 0 Å². The van der Waals surface area contributed by atoms with Gasteiger partial charge in [0.2, 0.25) is 0 Å². The first-order valence-electron chi connectivity index (χ1n) is 8.93. The van der Waals surface area contributed by atoms with Crippen molar-refractivity contribution < 1.29 is 33.3 Å². The lowest BCUT2D eigenvalue weighted by Crippen LogP contribution is -2.33. The van der Waals surface area contributed by atoms with Crippen LogP contribution in [-0.4, -0.2) is 46.4 Å². The first-order chi connectivity index (χ1) is 14.0. The fourth-order valence-corrected chi connectivity index (χ4v) is 2.62. The maximum atomic E-state index is 12.8. The number of anilines is 1. The molecule has 2 aromatic rings. The minimum Gasteiger partial charge on any atom is -0.497 e. The quantitative estimate of drug-likeness (QED) is 0.642. The van der Waals surface area contributed by atoms with Crippen molar-refractivity contribution in [2.75, 3.05) is 33.8 Å². The molecule has 0 saturated heterocycles. The summed E-state index contributed by atoms with van der Waals surface area (Å²) in [5.74, 6) is 0.870. The lowest BCUT2D eigenvalue weighted by atomic mass is 10.1. The monoisotopic (exact) mass is 403 g/mol. The molecule has 2 rings (SSSR count). The maximum absolute atomic E-state index is 12.8. The van der Waals surface area contributed by atoms with E-state index in [0.717, 1.165) is 0 Å². The van der Waals surface area contributed by atoms with Gasteiger partial charge in [0.1, 0.15) is 11.5 Å². The third-order valence-electron chi connectivity index (χ3n) is 4.19. The van der Waals surface area contributed by atoms with E-state index in [9.17, 15) is 9.59 Å². The molecule has 8 heteroatoms. The first kappa shape index (κ1) is 21.9. The van der Waals surface area contributed by atoms with Crippen LogP contribution in [0.1, 0.15) is 23.7 Å². The van der Waals surface area contributed by atoms with Crippen LogP contribution < -0.4 is 24.3 Å². The number of methoxy groups -OCH3 is 4. The largest absolute Gasteiger partial charge is 0.497 e. The Kier molecular flexibility index (Phi) is 7.70. The minimum absolute atomic E-state index is 0.137. The van der Waals surface area contributed by atoms with Crippen LogP contribution in [0.15, 0.2) is 36.4 Å². The van der Waals surface area contributed by atoms with E-state index in [1.165, 1.54) is 33.5 Å². The van der Waals surface area contributed by atoms with E-state index in [1.807, 2.05) is 6.92 Å². The summed E-state index contributed by atoms with van der Waals surface area (Å²) in [6, 6.07) is 9.86. The molecule has 0 bridgehead atoms. The van der Waals surface area contributed by atoms with Crippen LogP contribution in [0.4, 0.5) is 5.69 Å². The number of rotatable bonds is 9. The molecule has 0 heterocycles. The highest BCUT2D eigenvalue weighted by Crippen LogP contribution is 2.34. The zero-order chi connectivity index (χ0) is 21.4. The first-order valence-corrected chi connectivity index (χ1v) is 8.93. The van der Waals surface area contributed by atoms with Crippen molar-refractivity contribution in [2.45, 2.75) is 19.4 Å². The third kappa shape index (κ3) is 5.31. The summed E-state index contributed by atoms with van der Waals surface area (Å²) in [7, 11) is 5.74. The second-order valence-corrected chi connectivity index (χ2v) is 5.92. The van der Waals surface area contributed by atoms with Gasteiger partial charge in [-0.25, -0.2) is 4.79 Å². The molecule has 1 unspecified atom stereocenters. The molecule has 156 valence electrons. The molecule has 1 N–H and O–H groups in total. The lowest BCUT2D eigenvalue weighted by molar-refractivity contribution is -0.122. The van der Waals surface area contributed by atoms with Gasteiger partial charge in [-0.3, -0.25) is 4.79 Å². The smallest absolute Gasteiger partial charge is 0.340 e. The SMILES string of the molecule is CCC(Oc1ccc(OC)cc1)C(=O)Nc1cc(OC)c(OC)cc1C(=O)OC. The second-order valence-electron chi connectivity index (χ2n) is 5.92. The molecule has 0 fully saturated rings. The van der Waals surface area contributed by atoms with Gasteiger partial charge >= 0.3 is 5.97 Å². The number of esters is 1. The predicted octanol–water partition coefficient (Wildman–Crippen LogP) is 3.30. The average molecular weight is 403 g/mol. The van der Waals surface area contributed by atoms with Gasteiger partial charge in [0.05, 0.1) is 39.7 Å². The molecule has 0 aromatic heterocycles. The van der Waals surface area contributed by atoms with E-state index in [4.69, 9.17) is 23.7 Å². The summed E-state index contributed by atoms with van der Waals surface area (Å²) < 4.78 is 26.2. The van der Waals surface area contributed by atoms with Crippen molar-refractivity contribution in [3.05, 3.63) is 42.0 Å². The normalized spacial score (nSPS) is 11.2. The molecule has 0 spiro atoms. The molecule has 8 nitrogen and oxygen atoms in total. The number of ether oxygens (including phenoxy) is 5. The fraction of sp³-hybridized carbons (Fsp3) is 0.333. The number of carbonyl (C=O) groups is 2. The second kappa shape index (κ2) is 10.2. The molecule has 0 aliphatic carbocycles. The van der Waals surface area contributed by atoms with Crippen molar-refractivity contribution in [3.8, 4) is 23.0 Å². The van der Waals surface area contributed by atoms with E-state index in [-0.39, 0.29) is 11.3 Å². The van der Waals surface area contributed by atoms with E-state index in [1.54, 1.807) is 31.4 Å². The Labute approximate surface area is 169 Å². The van der Waals surface area contributed by atoms with Crippen molar-refractivity contribution in [3.63, 3.8) is 0 Å². The zero-order valence-corrected chi connectivity index (χ0v) is 17.1. The molecular formula is C21H25NO7. The van der Waals surface area contributed by atoms with Gasteiger partial charge in [0.25, 0.3) is 5.91 Å². The van der Waals surface area contributed by atoms with Crippen LogP contribution in [0.5, 0.6) is 23.0 Å². The topological polar surface area (TPSA) is 92.3 Å². The Morgan fingerprint density at radius 1 is 0.897 bits per heavy atom. The summed E-state index contributed by atoms with van der Waals surface area (Å²) in [5.41, 5.74) is 0.370. The number of amides is 1. The summed E-state index contributed by atoms with van der Waals surface area (Å²) in [6.07, 6.45) is -0.361. The predicted molar refractivity (Wildman–Crippen MR) is 107 cm³/mol. The number of hydrogen-bond donors (Lipinski definition) is 1. The van der Waals surface area contributed by atoms with Gasteiger partial charge in [0, 0.05) is 12.1 Å². The molecule has 0 aliphatic heterocycles.